The van der Waals surface area contributed by atoms with Gasteiger partial charge in [-0.2, -0.15) is 0 Å². The Morgan fingerprint density at radius 2 is 1.94 bits per heavy atom. The van der Waals surface area contributed by atoms with Gasteiger partial charge < -0.3 is 19.8 Å². The molecule has 0 saturated carbocycles. The molecule has 98 valence electrons. The second kappa shape index (κ2) is 4.49. The van der Waals surface area contributed by atoms with Gasteiger partial charge in [0.25, 0.3) is 5.91 Å². The van der Waals surface area contributed by atoms with Crippen molar-refractivity contribution in [2.24, 2.45) is 0 Å². The van der Waals surface area contributed by atoms with E-state index in [0.717, 1.165) is 0 Å². The minimum Gasteiger partial charge on any atom is -0.508 e. The van der Waals surface area contributed by atoms with E-state index >= 15 is 0 Å². The topological polar surface area (TPSA) is 70.0 Å². The Bertz CT molecular complexity index is 433. The van der Waals surface area contributed by atoms with Crippen LogP contribution in [0.1, 0.15) is 13.8 Å². The number of amides is 1. The van der Waals surface area contributed by atoms with Gasteiger partial charge in [-0.1, -0.05) is 0 Å². The largest absolute Gasteiger partial charge is 0.508 e. The average molecular weight is 251 g/mol. The quantitative estimate of drug-likeness (QED) is 0.831. The zero-order chi connectivity index (χ0) is 13.3. The van der Waals surface area contributed by atoms with Crippen LogP contribution in [-0.2, 0) is 4.79 Å². The molecule has 18 heavy (non-hydrogen) atoms. The molecule has 1 unspecified atom stereocenters. The highest BCUT2D eigenvalue weighted by Crippen LogP contribution is 2.22. The Balaban J connectivity index is 1.90. The van der Waals surface area contributed by atoms with Crippen LogP contribution < -0.4 is 4.74 Å². The number of phenols is 1. The number of β-amino-alcohol motifs (C(OH)–C–C–N with tert-alkyl or cyclic N) is 1. The van der Waals surface area contributed by atoms with Gasteiger partial charge in [0.2, 0.25) is 0 Å². The smallest absolute Gasteiger partial charge is 0.263 e. The number of carbonyl (C=O) groups excluding carboxylic acids is 1. The molecule has 1 aliphatic heterocycles. The lowest BCUT2D eigenvalue weighted by atomic mass is 9.96. The maximum absolute atomic E-state index is 11.9. The van der Waals surface area contributed by atoms with E-state index in [9.17, 15) is 9.90 Å². The van der Waals surface area contributed by atoms with E-state index in [-0.39, 0.29) is 11.7 Å². The van der Waals surface area contributed by atoms with Crippen LogP contribution in [0, 0.1) is 0 Å². The van der Waals surface area contributed by atoms with Crippen LogP contribution in [-0.4, -0.2) is 45.8 Å². The number of phenolic OH excluding ortho intramolecular Hbond substituents is 1. The van der Waals surface area contributed by atoms with Gasteiger partial charge in [0.15, 0.2) is 6.10 Å². The SMILES string of the molecule is CC(Oc1ccc(O)cc1)C(=O)N1CC(C)(O)C1. The molecule has 0 aromatic heterocycles. The predicted octanol–water partition coefficient (Wildman–Crippen LogP) is 0.753. The van der Waals surface area contributed by atoms with Crippen LogP contribution in [0.15, 0.2) is 24.3 Å². The third-order valence-electron chi connectivity index (χ3n) is 2.87. The van der Waals surface area contributed by atoms with E-state index < -0.39 is 11.7 Å². The molecule has 2 N–H and O–H groups in total. The lowest BCUT2D eigenvalue weighted by molar-refractivity contribution is -0.158. The van der Waals surface area contributed by atoms with Crippen LogP contribution in [0.4, 0.5) is 0 Å². The van der Waals surface area contributed by atoms with Crippen LogP contribution in [0.2, 0.25) is 0 Å². The highest BCUT2D eigenvalue weighted by Gasteiger charge is 2.41. The molecule has 0 bridgehead atoms. The molecular formula is C13H17NO4. The molecule has 1 fully saturated rings. The zero-order valence-corrected chi connectivity index (χ0v) is 10.5. The number of carbonyl (C=O) groups is 1. The van der Waals surface area contributed by atoms with Gasteiger partial charge in [-0.25, -0.2) is 0 Å². The van der Waals surface area contributed by atoms with Gasteiger partial charge in [0, 0.05) is 0 Å². The van der Waals surface area contributed by atoms with E-state index in [0.29, 0.717) is 18.8 Å². The van der Waals surface area contributed by atoms with Gasteiger partial charge >= 0.3 is 0 Å². The van der Waals surface area contributed by atoms with Gasteiger partial charge in [0.1, 0.15) is 11.5 Å². The Morgan fingerprint density at radius 3 is 2.44 bits per heavy atom. The maximum Gasteiger partial charge on any atom is 0.263 e. The summed E-state index contributed by atoms with van der Waals surface area (Å²) in [6.45, 7) is 4.05. The number of benzene rings is 1. The molecule has 1 aromatic rings. The molecule has 5 heteroatoms. The van der Waals surface area contributed by atoms with Crippen molar-refractivity contribution in [3.63, 3.8) is 0 Å². The van der Waals surface area contributed by atoms with E-state index in [1.807, 2.05) is 0 Å². The van der Waals surface area contributed by atoms with Crippen molar-refractivity contribution in [1.29, 1.82) is 0 Å². The van der Waals surface area contributed by atoms with Crippen molar-refractivity contribution >= 4 is 5.91 Å². The lowest BCUT2D eigenvalue weighted by Crippen LogP contribution is -2.63. The van der Waals surface area contributed by atoms with Crippen molar-refractivity contribution < 1.29 is 19.7 Å². The highest BCUT2D eigenvalue weighted by atomic mass is 16.5. The monoisotopic (exact) mass is 251 g/mol. The Labute approximate surface area is 106 Å². The fraction of sp³-hybridized carbons (Fsp3) is 0.462. The van der Waals surface area contributed by atoms with Crippen LogP contribution in [0.25, 0.3) is 0 Å². The second-order valence-corrected chi connectivity index (χ2v) is 4.95. The normalized spacial score (nSPS) is 18.9. The molecule has 1 amide bonds. The lowest BCUT2D eigenvalue weighted by Gasteiger charge is -2.44. The van der Waals surface area contributed by atoms with E-state index in [4.69, 9.17) is 9.84 Å². The van der Waals surface area contributed by atoms with E-state index in [1.165, 1.54) is 12.1 Å². The number of hydrogen-bond donors (Lipinski definition) is 2. The summed E-state index contributed by atoms with van der Waals surface area (Å²) in [5, 5.41) is 18.7. The fourth-order valence-electron chi connectivity index (χ4n) is 1.97. The summed E-state index contributed by atoms with van der Waals surface area (Å²) in [7, 11) is 0. The van der Waals surface area contributed by atoms with Crippen LogP contribution in [0.3, 0.4) is 0 Å². The first-order chi connectivity index (χ1) is 8.37. The molecule has 1 saturated heterocycles. The molecule has 1 atom stereocenters. The van der Waals surface area contributed by atoms with Gasteiger partial charge in [-0.15, -0.1) is 0 Å². The first-order valence-electron chi connectivity index (χ1n) is 5.84. The van der Waals surface area contributed by atoms with E-state index in [1.54, 1.807) is 30.9 Å². The standard InChI is InChI=1S/C13H17NO4/c1-9(12(16)14-7-13(2,17)8-14)18-11-5-3-10(15)4-6-11/h3-6,9,15,17H,7-8H2,1-2H3. The molecule has 1 aliphatic rings. The number of nitrogens with zero attached hydrogens (tertiary/aromatic N) is 1. The van der Waals surface area contributed by atoms with Crippen LogP contribution >= 0.6 is 0 Å². The summed E-state index contributed by atoms with van der Waals surface area (Å²) < 4.78 is 5.47. The predicted molar refractivity (Wildman–Crippen MR) is 65.4 cm³/mol. The molecule has 0 radical (unpaired) electrons. The second-order valence-electron chi connectivity index (χ2n) is 4.95. The van der Waals surface area contributed by atoms with Gasteiger partial charge in [-0.05, 0) is 38.1 Å². The maximum atomic E-state index is 11.9. The van der Waals surface area contributed by atoms with Crippen LogP contribution in [0.5, 0.6) is 11.5 Å². The minimum atomic E-state index is -0.770. The molecule has 0 aliphatic carbocycles. The summed E-state index contributed by atoms with van der Waals surface area (Å²) in [5.74, 6) is 0.538. The molecule has 5 nitrogen and oxygen atoms in total. The summed E-state index contributed by atoms with van der Waals surface area (Å²) in [5.41, 5.74) is -0.770. The van der Waals surface area contributed by atoms with Gasteiger partial charge in [0.05, 0.1) is 18.7 Å². The Hall–Kier alpha value is -1.75. The Kier molecular flexibility index (Phi) is 3.17. The average Bonchev–Trinajstić information content (AvgIpc) is 2.28. The number of ether oxygens (including phenoxy) is 1. The number of hydrogen-bond acceptors (Lipinski definition) is 4. The zero-order valence-electron chi connectivity index (χ0n) is 10.5. The molecule has 1 heterocycles. The van der Waals surface area contributed by atoms with Crippen molar-refractivity contribution in [2.75, 3.05) is 13.1 Å². The summed E-state index contributed by atoms with van der Waals surface area (Å²) in [6, 6.07) is 6.21. The molecule has 2 rings (SSSR count). The minimum absolute atomic E-state index is 0.144. The van der Waals surface area contributed by atoms with E-state index in [2.05, 4.69) is 0 Å². The van der Waals surface area contributed by atoms with Crippen molar-refractivity contribution in [1.82, 2.24) is 4.90 Å². The number of aromatic hydroxyl groups is 1. The molecule has 1 aromatic carbocycles. The van der Waals surface area contributed by atoms with Crippen molar-refractivity contribution in [2.45, 2.75) is 25.6 Å². The Morgan fingerprint density at radius 1 is 1.39 bits per heavy atom. The first kappa shape index (κ1) is 12.7. The number of aliphatic hydroxyl groups is 1. The summed E-state index contributed by atoms with van der Waals surface area (Å²) in [6.07, 6.45) is -0.606. The molecular weight excluding hydrogens is 234 g/mol. The fourth-order valence-corrected chi connectivity index (χ4v) is 1.97. The van der Waals surface area contributed by atoms with Crippen molar-refractivity contribution in [3.8, 4) is 11.5 Å². The molecule has 0 spiro atoms. The third kappa shape index (κ3) is 2.73. The van der Waals surface area contributed by atoms with Crippen molar-refractivity contribution in [3.05, 3.63) is 24.3 Å². The van der Waals surface area contributed by atoms with Gasteiger partial charge in [-0.3, -0.25) is 4.79 Å². The summed E-state index contributed by atoms with van der Waals surface area (Å²) >= 11 is 0. The first-order valence-corrected chi connectivity index (χ1v) is 5.84. The highest BCUT2D eigenvalue weighted by molar-refractivity contribution is 5.82. The third-order valence-corrected chi connectivity index (χ3v) is 2.87. The number of likely N-dealkylation sites (tertiary alicyclic amines) is 1. The summed E-state index contributed by atoms with van der Waals surface area (Å²) in [4.78, 5) is 13.5. The number of rotatable bonds is 3.